The van der Waals surface area contributed by atoms with Crippen LogP contribution in [0, 0.1) is 5.92 Å². The van der Waals surface area contributed by atoms with Crippen LogP contribution in [0.3, 0.4) is 0 Å². The molecule has 1 saturated heterocycles. The molecule has 4 heteroatoms. The van der Waals surface area contributed by atoms with Gasteiger partial charge in [0.2, 0.25) is 5.91 Å². The highest BCUT2D eigenvalue weighted by molar-refractivity contribution is 5.77. The molecule has 1 N–H and O–H groups in total. The van der Waals surface area contributed by atoms with Gasteiger partial charge in [0.1, 0.15) is 0 Å². The lowest BCUT2D eigenvalue weighted by Gasteiger charge is -2.21. The number of carboxylic acid groups (broad SMARTS) is 1. The summed E-state index contributed by atoms with van der Waals surface area (Å²) in [6.45, 7) is 5.02. The lowest BCUT2D eigenvalue weighted by Crippen LogP contribution is -2.33. The first-order valence-corrected chi connectivity index (χ1v) is 5.52. The van der Waals surface area contributed by atoms with Crippen molar-refractivity contribution < 1.29 is 14.7 Å². The molecule has 0 bridgehead atoms. The topological polar surface area (TPSA) is 57.6 Å². The highest BCUT2D eigenvalue weighted by atomic mass is 16.4. The van der Waals surface area contributed by atoms with E-state index in [9.17, 15) is 9.59 Å². The summed E-state index contributed by atoms with van der Waals surface area (Å²) in [4.78, 5) is 23.9. The Hall–Kier alpha value is -1.06. The number of amides is 1. The van der Waals surface area contributed by atoms with Crippen LogP contribution in [0.25, 0.3) is 0 Å². The largest absolute Gasteiger partial charge is 0.481 e. The average molecular weight is 213 g/mol. The molecule has 0 aromatic heterocycles. The zero-order valence-corrected chi connectivity index (χ0v) is 9.40. The van der Waals surface area contributed by atoms with Gasteiger partial charge in [-0.05, 0) is 25.7 Å². The van der Waals surface area contributed by atoms with Crippen LogP contribution in [0.5, 0.6) is 0 Å². The minimum atomic E-state index is -0.828. The van der Waals surface area contributed by atoms with Crippen LogP contribution in [0.2, 0.25) is 0 Å². The van der Waals surface area contributed by atoms with Crippen LogP contribution < -0.4 is 0 Å². The Morgan fingerprint density at radius 3 is 2.47 bits per heavy atom. The van der Waals surface area contributed by atoms with Gasteiger partial charge in [-0.15, -0.1) is 0 Å². The Bertz CT molecular complexity index is 252. The fourth-order valence-corrected chi connectivity index (χ4v) is 2.18. The molecular formula is C11H19NO3. The SMILES string of the molecule is CC1CC(C)N(C(=O)CCCC(=O)O)C1. The normalized spacial score (nSPS) is 25.6. The van der Waals surface area contributed by atoms with Crippen LogP contribution >= 0.6 is 0 Å². The summed E-state index contributed by atoms with van der Waals surface area (Å²) in [5.41, 5.74) is 0. The second-order valence-corrected chi connectivity index (χ2v) is 4.48. The highest BCUT2D eigenvalue weighted by Crippen LogP contribution is 2.23. The van der Waals surface area contributed by atoms with E-state index >= 15 is 0 Å². The number of aliphatic carboxylic acids is 1. The van der Waals surface area contributed by atoms with Gasteiger partial charge >= 0.3 is 5.97 Å². The summed E-state index contributed by atoms with van der Waals surface area (Å²) in [7, 11) is 0. The van der Waals surface area contributed by atoms with Crippen molar-refractivity contribution in [2.45, 2.75) is 45.6 Å². The average Bonchev–Trinajstić information content (AvgIpc) is 2.44. The minimum Gasteiger partial charge on any atom is -0.481 e. The summed E-state index contributed by atoms with van der Waals surface area (Å²) in [5.74, 6) is -0.151. The summed E-state index contributed by atoms with van der Waals surface area (Å²) in [6.07, 6.45) is 1.96. The third-order valence-electron chi connectivity index (χ3n) is 2.89. The van der Waals surface area contributed by atoms with Gasteiger partial charge < -0.3 is 10.0 Å². The molecule has 0 spiro atoms. The quantitative estimate of drug-likeness (QED) is 0.769. The first-order valence-electron chi connectivity index (χ1n) is 5.52. The van der Waals surface area contributed by atoms with Crippen molar-refractivity contribution in [3.63, 3.8) is 0 Å². The predicted octanol–water partition coefficient (Wildman–Crippen LogP) is 1.50. The molecule has 2 atom stereocenters. The second kappa shape index (κ2) is 5.14. The Balaban J connectivity index is 2.31. The lowest BCUT2D eigenvalue weighted by atomic mass is 10.1. The van der Waals surface area contributed by atoms with Gasteiger partial charge in [0.05, 0.1) is 0 Å². The third kappa shape index (κ3) is 3.53. The molecule has 86 valence electrons. The molecule has 0 saturated carbocycles. The molecule has 15 heavy (non-hydrogen) atoms. The Morgan fingerprint density at radius 2 is 2.00 bits per heavy atom. The van der Waals surface area contributed by atoms with Gasteiger partial charge in [-0.25, -0.2) is 0 Å². The number of hydrogen-bond acceptors (Lipinski definition) is 2. The van der Waals surface area contributed by atoms with Gasteiger partial charge in [0, 0.05) is 25.4 Å². The fraction of sp³-hybridized carbons (Fsp3) is 0.818. The van der Waals surface area contributed by atoms with Crippen molar-refractivity contribution in [2.24, 2.45) is 5.92 Å². The van der Waals surface area contributed by atoms with Gasteiger partial charge in [-0.2, -0.15) is 0 Å². The molecule has 0 aromatic rings. The number of nitrogens with zero attached hydrogens (tertiary/aromatic N) is 1. The first-order chi connectivity index (χ1) is 7.00. The maximum Gasteiger partial charge on any atom is 0.303 e. The number of carbonyl (C=O) groups is 2. The highest BCUT2D eigenvalue weighted by Gasteiger charge is 2.29. The molecule has 0 aliphatic carbocycles. The molecule has 2 unspecified atom stereocenters. The van der Waals surface area contributed by atoms with E-state index in [0.717, 1.165) is 13.0 Å². The molecule has 1 amide bonds. The van der Waals surface area contributed by atoms with Crippen molar-refractivity contribution in [1.82, 2.24) is 4.90 Å². The molecule has 1 aliphatic heterocycles. The maximum absolute atomic E-state index is 11.7. The van der Waals surface area contributed by atoms with E-state index in [-0.39, 0.29) is 12.3 Å². The van der Waals surface area contributed by atoms with Crippen LogP contribution in [-0.2, 0) is 9.59 Å². The van der Waals surface area contributed by atoms with E-state index in [0.29, 0.717) is 24.8 Å². The zero-order chi connectivity index (χ0) is 11.4. The number of carbonyl (C=O) groups excluding carboxylic acids is 1. The van der Waals surface area contributed by atoms with Gasteiger partial charge in [-0.3, -0.25) is 9.59 Å². The van der Waals surface area contributed by atoms with Crippen LogP contribution in [0.15, 0.2) is 0 Å². The van der Waals surface area contributed by atoms with Crippen LogP contribution in [0.1, 0.15) is 39.5 Å². The maximum atomic E-state index is 11.7. The molecule has 1 rings (SSSR count). The first kappa shape index (κ1) is 12.0. The van der Waals surface area contributed by atoms with Crippen molar-refractivity contribution in [3.8, 4) is 0 Å². The van der Waals surface area contributed by atoms with Crippen LogP contribution in [0.4, 0.5) is 0 Å². The Kier molecular flexibility index (Phi) is 4.12. The van der Waals surface area contributed by atoms with Crippen LogP contribution in [-0.4, -0.2) is 34.5 Å². The summed E-state index contributed by atoms with van der Waals surface area (Å²) in [6, 6.07) is 0.317. The number of carboxylic acids is 1. The van der Waals surface area contributed by atoms with Crippen molar-refractivity contribution in [3.05, 3.63) is 0 Å². The van der Waals surface area contributed by atoms with E-state index in [4.69, 9.17) is 5.11 Å². The summed E-state index contributed by atoms with van der Waals surface area (Å²) < 4.78 is 0. The van der Waals surface area contributed by atoms with E-state index in [1.54, 1.807) is 0 Å². The van der Waals surface area contributed by atoms with Crippen molar-refractivity contribution >= 4 is 11.9 Å². The number of rotatable bonds is 4. The fourth-order valence-electron chi connectivity index (χ4n) is 2.18. The number of hydrogen-bond donors (Lipinski definition) is 1. The molecular weight excluding hydrogens is 194 g/mol. The molecule has 0 radical (unpaired) electrons. The van der Waals surface area contributed by atoms with E-state index in [1.165, 1.54) is 0 Å². The van der Waals surface area contributed by atoms with Gasteiger partial charge in [-0.1, -0.05) is 6.92 Å². The smallest absolute Gasteiger partial charge is 0.303 e. The van der Waals surface area contributed by atoms with E-state index in [1.807, 2.05) is 4.90 Å². The standard InChI is InChI=1S/C11H19NO3/c1-8-6-9(2)12(7-8)10(13)4-3-5-11(14)15/h8-9H,3-7H2,1-2H3,(H,14,15). The third-order valence-corrected chi connectivity index (χ3v) is 2.89. The van der Waals surface area contributed by atoms with Crippen molar-refractivity contribution in [1.29, 1.82) is 0 Å². The molecule has 1 aliphatic rings. The monoisotopic (exact) mass is 213 g/mol. The molecule has 1 fully saturated rings. The number of likely N-dealkylation sites (tertiary alicyclic amines) is 1. The second-order valence-electron chi connectivity index (χ2n) is 4.48. The summed E-state index contributed by atoms with van der Waals surface area (Å²) in [5, 5.41) is 8.46. The van der Waals surface area contributed by atoms with Crippen molar-refractivity contribution in [2.75, 3.05) is 6.54 Å². The van der Waals surface area contributed by atoms with Gasteiger partial charge in [0.15, 0.2) is 0 Å². The predicted molar refractivity (Wildman–Crippen MR) is 56.4 cm³/mol. The molecule has 0 aromatic carbocycles. The Morgan fingerprint density at radius 1 is 1.33 bits per heavy atom. The summed E-state index contributed by atoms with van der Waals surface area (Å²) >= 11 is 0. The van der Waals surface area contributed by atoms with E-state index < -0.39 is 5.97 Å². The molecule has 4 nitrogen and oxygen atoms in total. The molecule has 1 heterocycles. The van der Waals surface area contributed by atoms with E-state index in [2.05, 4.69) is 13.8 Å². The lowest BCUT2D eigenvalue weighted by molar-refractivity contribution is -0.137. The minimum absolute atomic E-state index is 0.0868. The Labute approximate surface area is 90.3 Å². The van der Waals surface area contributed by atoms with Gasteiger partial charge in [0.25, 0.3) is 0 Å². The zero-order valence-electron chi connectivity index (χ0n) is 9.40.